The number of likely N-dealkylation sites (N-methyl/N-ethyl adjacent to an activating group) is 1. The van der Waals surface area contributed by atoms with Gasteiger partial charge in [0, 0.05) is 26.3 Å². The average Bonchev–Trinajstić information content (AvgIpc) is 2.80. The molecule has 1 amide bonds. The minimum atomic E-state index is -0.143. The van der Waals surface area contributed by atoms with E-state index in [4.69, 9.17) is 0 Å². The quantitative estimate of drug-likeness (QED) is 0.765. The van der Waals surface area contributed by atoms with Crippen molar-refractivity contribution in [2.75, 3.05) is 7.05 Å². The first-order valence-electron chi connectivity index (χ1n) is 6.52. The first-order valence-corrected chi connectivity index (χ1v) is 6.52. The van der Waals surface area contributed by atoms with Gasteiger partial charge in [0.15, 0.2) is 0 Å². The minimum absolute atomic E-state index is 0.0475. The number of amides is 1. The summed E-state index contributed by atoms with van der Waals surface area (Å²) < 4.78 is 2.07. The molecule has 1 rings (SSSR count). The highest BCUT2D eigenvalue weighted by atomic mass is 16.2. The van der Waals surface area contributed by atoms with E-state index in [0.29, 0.717) is 12.5 Å². The maximum atomic E-state index is 11.8. The monoisotopic (exact) mass is 252 g/mol. The molecule has 18 heavy (non-hydrogen) atoms. The van der Waals surface area contributed by atoms with E-state index in [2.05, 4.69) is 41.0 Å². The molecule has 0 radical (unpaired) electrons. The molecular formula is C13H24N4O. The van der Waals surface area contributed by atoms with Gasteiger partial charge >= 0.3 is 0 Å². The van der Waals surface area contributed by atoms with Crippen LogP contribution in [0.15, 0.2) is 12.5 Å². The molecule has 0 aliphatic heterocycles. The molecule has 102 valence electrons. The van der Waals surface area contributed by atoms with Crippen molar-refractivity contribution in [3.05, 3.63) is 18.2 Å². The van der Waals surface area contributed by atoms with Crippen LogP contribution in [0.1, 0.15) is 32.9 Å². The zero-order valence-corrected chi connectivity index (χ0v) is 11.7. The molecule has 1 aromatic heterocycles. The van der Waals surface area contributed by atoms with Gasteiger partial charge in [0.1, 0.15) is 0 Å². The molecular weight excluding hydrogens is 228 g/mol. The number of nitrogens with zero attached hydrogens (tertiary/aromatic N) is 2. The Morgan fingerprint density at radius 1 is 1.50 bits per heavy atom. The van der Waals surface area contributed by atoms with Crippen molar-refractivity contribution in [3.63, 3.8) is 0 Å². The molecule has 1 atom stereocenters. The Morgan fingerprint density at radius 3 is 2.78 bits per heavy atom. The van der Waals surface area contributed by atoms with E-state index in [1.165, 1.54) is 0 Å². The Balaban J connectivity index is 2.58. The van der Waals surface area contributed by atoms with E-state index in [-0.39, 0.29) is 11.9 Å². The van der Waals surface area contributed by atoms with Gasteiger partial charge in [0.05, 0.1) is 18.1 Å². The normalized spacial score (nSPS) is 12.7. The van der Waals surface area contributed by atoms with Gasteiger partial charge in [-0.05, 0) is 19.3 Å². The van der Waals surface area contributed by atoms with Gasteiger partial charge in [-0.15, -0.1) is 0 Å². The van der Waals surface area contributed by atoms with Gasteiger partial charge in [-0.1, -0.05) is 13.8 Å². The van der Waals surface area contributed by atoms with Gasteiger partial charge in [-0.25, -0.2) is 4.98 Å². The molecule has 0 saturated heterocycles. The van der Waals surface area contributed by atoms with Crippen LogP contribution in [0.5, 0.6) is 0 Å². The second-order valence-corrected chi connectivity index (χ2v) is 4.85. The molecule has 1 heterocycles. The highest BCUT2D eigenvalue weighted by molar-refractivity contribution is 5.81. The number of aryl methyl sites for hydroxylation is 1. The van der Waals surface area contributed by atoms with E-state index in [1.807, 2.05) is 12.5 Å². The average molecular weight is 252 g/mol. The molecule has 2 N–H and O–H groups in total. The summed E-state index contributed by atoms with van der Waals surface area (Å²) in [4.78, 5) is 15.9. The number of hydrogen-bond acceptors (Lipinski definition) is 3. The number of nitrogens with one attached hydrogen (secondary N) is 2. The fourth-order valence-electron chi connectivity index (χ4n) is 1.94. The number of aromatic nitrogens is 2. The Morgan fingerprint density at radius 2 is 2.22 bits per heavy atom. The summed E-state index contributed by atoms with van der Waals surface area (Å²) >= 11 is 0. The van der Waals surface area contributed by atoms with Crippen LogP contribution in [0.3, 0.4) is 0 Å². The van der Waals surface area contributed by atoms with Gasteiger partial charge in [-0.2, -0.15) is 0 Å². The Labute approximate surface area is 109 Å². The Hall–Kier alpha value is -1.36. The Bertz CT molecular complexity index is 373. The third-order valence-electron chi connectivity index (χ3n) is 2.94. The van der Waals surface area contributed by atoms with Gasteiger partial charge < -0.3 is 15.2 Å². The molecule has 1 unspecified atom stereocenters. The van der Waals surface area contributed by atoms with Crippen LogP contribution >= 0.6 is 0 Å². The molecule has 0 aliphatic carbocycles. The summed E-state index contributed by atoms with van der Waals surface area (Å²) in [5, 5.41) is 6.01. The second kappa shape index (κ2) is 7.16. The van der Waals surface area contributed by atoms with Gasteiger partial charge in [0.25, 0.3) is 0 Å². The lowest BCUT2D eigenvalue weighted by Crippen LogP contribution is -2.43. The molecule has 0 bridgehead atoms. The first kappa shape index (κ1) is 14.7. The Kier molecular flexibility index (Phi) is 5.85. The highest BCUT2D eigenvalue weighted by Gasteiger charge is 2.18. The lowest BCUT2D eigenvalue weighted by molar-refractivity contribution is -0.123. The molecule has 0 spiro atoms. The van der Waals surface area contributed by atoms with Crippen LogP contribution in [0.4, 0.5) is 0 Å². The summed E-state index contributed by atoms with van der Waals surface area (Å²) in [5.74, 6) is 0.530. The molecule has 0 fully saturated rings. The van der Waals surface area contributed by atoms with Crippen LogP contribution in [0.25, 0.3) is 0 Å². The predicted octanol–water partition coefficient (Wildman–Crippen LogP) is 1.15. The molecule has 5 heteroatoms. The number of carbonyl (C=O) groups excluding carboxylic acids is 1. The zero-order valence-electron chi connectivity index (χ0n) is 11.7. The minimum Gasteiger partial charge on any atom is -0.358 e. The summed E-state index contributed by atoms with van der Waals surface area (Å²) in [6.07, 6.45) is 4.49. The van der Waals surface area contributed by atoms with Crippen molar-refractivity contribution in [3.8, 4) is 0 Å². The second-order valence-electron chi connectivity index (χ2n) is 4.85. The third-order valence-corrected chi connectivity index (χ3v) is 2.94. The standard InChI is InChI=1S/C13H24N4O/c1-5-17-9-15-7-11(17)8-16-12(6-10(2)3)13(18)14-4/h7,9-10,12,16H,5-6,8H2,1-4H3,(H,14,18). The largest absolute Gasteiger partial charge is 0.358 e. The number of imidazole rings is 1. The SMILES string of the molecule is CCn1cncc1CNC(CC(C)C)C(=O)NC. The van der Waals surface area contributed by atoms with Gasteiger partial charge in [-0.3, -0.25) is 4.79 Å². The van der Waals surface area contributed by atoms with Crippen molar-refractivity contribution < 1.29 is 4.79 Å². The van der Waals surface area contributed by atoms with E-state index in [9.17, 15) is 4.79 Å². The van der Waals surface area contributed by atoms with Crippen LogP contribution in [0.2, 0.25) is 0 Å². The van der Waals surface area contributed by atoms with Crippen LogP contribution in [-0.4, -0.2) is 28.5 Å². The fourth-order valence-corrected chi connectivity index (χ4v) is 1.94. The summed E-state index contributed by atoms with van der Waals surface area (Å²) in [7, 11) is 1.67. The van der Waals surface area contributed by atoms with Crippen molar-refractivity contribution in [1.29, 1.82) is 0 Å². The highest BCUT2D eigenvalue weighted by Crippen LogP contribution is 2.06. The van der Waals surface area contributed by atoms with Gasteiger partial charge in [0.2, 0.25) is 5.91 Å². The van der Waals surface area contributed by atoms with Crippen LogP contribution < -0.4 is 10.6 Å². The third kappa shape index (κ3) is 4.14. The summed E-state index contributed by atoms with van der Waals surface area (Å²) in [6.45, 7) is 7.88. The van der Waals surface area contributed by atoms with Crippen molar-refractivity contribution in [2.45, 2.75) is 46.3 Å². The smallest absolute Gasteiger partial charge is 0.236 e. The van der Waals surface area contributed by atoms with E-state index < -0.39 is 0 Å². The molecule has 5 nitrogen and oxygen atoms in total. The van der Waals surface area contributed by atoms with Crippen molar-refractivity contribution in [2.24, 2.45) is 5.92 Å². The van der Waals surface area contributed by atoms with E-state index >= 15 is 0 Å². The zero-order chi connectivity index (χ0) is 13.5. The predicted molar refractivity (Wildman–Crippen MR) is 72.1 cm³/mol. The van der Waals surface area contributed by atoms with Crippen LogP contribution in [0, 0.1) is 5.92 Å². The number of hydrogen-bond donors (Lipinski definition) is 2. The molecule has 1 aromatic rings. The number of rotatable bonds is 7. The number of carbonyl (C=O) groups is 1. The lowest BCUT2D eigenvalue weighted by atomic mass is 10.0. The maximum Gasteiger partial charge on any atom is 0.236 e. The summed E-state index contributed by atoms with van der Waals surface area (Å²) in [6, 6.07) is -0.143. The van der Waals surface area contributed by atoms with E-state index in [0.717, 1.165) is 18.7 Å². The first-order chi connectivity index (χ1) is 8.58. The summed E-state index contributed by atoms with van der Waals surface area (Å²) in [5.41, 5.74) is 1.11. The topological polar surface area (TPSA) is 59.0 Å². The maximum absolute atomic E-state index is 11.8. The molecule has 0 aliphatic rings. The van der Waals surface area contributed by atoms with Crippen LogP contribution in [-0.2, 0) is 17.9 Å². The van der Waals surface area contributed by atoms with Crippen molar-refractivity contribution in [1.82, 2.24) is 20.2 Å². The van der Waals surface area contributed by atoms with E-state index in [1.54, 1.807) is 7.05 Å². The molecule has 0 aromatic carbocycles. The van der Waals surface area contributed by atoms with Crippen molar-refractivity contribution >= 4 is 5.91 Å². The lowest BCUT2D eigenvalue weighted by Gasteiger charge is -2.19. The molecule has 0 saturated carbocycles. The fraction of sp³-hybridized carbons (Fsp3) is 0.692.